The maximum atomic E-state index is 2.25. The molecule has 0 aliphatic heterocycles. The van der Waals surface area contributed by atoms with Crippen molar-refractivity contribution in [3.05, 3.63) is 0 Å². The van der Waals surface area contributed by atoms with Crippen molar-refractivity contribution in [1.29, 1.82) is 0 Å². The first kappa shape index (κ1) is 7.13. The van der Waals surface area contributed by atoms with E-state index < -0.39 is 0 Å². The molecule has 0 atom stereocenters. The van der Waals surface area contributed by atoms with Gasteiger partial charge in [0.15, 0.2) is 0 Å². The summed E-state index contributed by atoms with van der Waals surface area (Å²) in [6, 6.07) is 0. The summed E-state index contributed by atoms with van der Waals surface area (Å²) in [5.41, 5.74) is 0. The van der Waals surface area contributed by atoms with Gasteiger partial charge < -0.3 is 0 Å². The molecular formula is C5H14B2. The molecule has 0 aliphatic rings. The summed E-state index contributed by atoms with van der Waals surface area (Å²) in [6.45, 7) is 4.49. The van der Waals surface area contributed by atoms with Gasteiger partial charge in [-0.15, -0.1) is 0 Å². The van der Waals surface area contributed by atoms with Crippen molar-refractivity contribution in [2.75, 3.05) is 0 Å². The van der Waals surface area contributed by atoms with Crippen molar-refractivity contribution in [1.82, 2.24) is 0 Å². The highest BCUT2D eigenvalue weighted by molar-refractivity contribution is 6.35. The van der Waals surface area contributed by atoms with Crippen molar-refractivity contribution < 1.29 is 0 Å². The largest absolute Gasteiger partial charge is 0.117 e. The molecule has 0 N–H and O–H groups in total. The lowest BCUT2D eigenvalue weighted by Gasteiger charge is -1.88. The average Bonchev–Trinajstić information content (AvgIpc) is 1.69. The standard InChI is InChI=1S/C5H14B2/c1-6-4-3-5-7-2/h6-7H,3-5H2,1-2H3. The van der Waals surface area contributed by atoms with Gasteiger partial charge in [0.2, 0.25) is 0 Å². The molecule has 0 aromatic carbocycles. The Hall–Kier alpha value is 0.130. The van der Waals surface area contributed by atoms with E-state index in [1.807, 2.05) is 0 Å². The van der Waals surface area contributed by atoms with Crippen molar-refractivity contribution in [2.45, 2.75) is 32.7 Å². The molecule has 0 saturated heterocycles. The average molecular weight is 95.8 g/mol. The van der Waals surface area contributed by atoms with Gasteiger partial charge in [-0.25, -0.2) is 0 Å². The molecule has 0 aliphatic carbocycles. The fourth-order valence-corrected chi connectivity index (χ4v) is 0.677. The zero-order valence-electron chi connectivity index (χ0n) is 5.54. The summed E-state index contributed by atoms with van der Waals surface area (Å²) in [6.07, 6.45) is 4.29. The first-order valence-corrected chi connectivity index (χ1v) is 3.41. The number of rotatable bonds is 4. The van der Waals surface area contributed by atoms with Crippen LogP contribution in [0.3, 0.4) is 0 Å². The Morgan fingerprint density at radius 2 is 1.43 bits per heavy atom. The predicted molar refractivity (Wildman–Crippen MR) is 40.3 cm³/mol. The predicted octanol–water partition coefficient (Wildman–Crippen LogP) is 1.18. The third-order valence-electron chi connectivity index (χ3n) is 1.21. The highest BCUT2D eigenvalue weighted by Crippen LogP contribution is 1.93. The van der Waals surface area contributed by atoms with Crippen molar-refractivity contribution in [3.63, 3.8) is 0 Å². The topological polar surface area (TPSA) is 0 Å². The van der Waals surface area contributed by atoms with E-state index in [4.69, 9.17) is 0 Å². The Labute approximate surface area is 48.2 Å². The second-order valence-electron chi connectivity index (χ2n) is 2.06. The molecule has 0 saturated carbocycles. The molecule has 40 valence electrons. The molecule has 0 rings (SSSR count). The van der Waals surface area contributed by atoms with Gasteiger partial charge in [0, 0.05) is 0 Å². The van der Waals surface area contributed by atoms with Gasteiger partial charge in [-0.05, 0) is 0 Å². The molecule has 0 aromatic rings. The molecule has 0 amide bonds. The molecule has 2 heteroatoms. The van der Waals surface area contributed by atoms with Crippen LogP contribution in [-0.2, 0) is 0 Å². The molecule has 0 heterocycles. The van der Waals surface area contributed by atoms with Crippen molar-refractivity contribution >= 4 is 14.6 Å². The zero-order chi connectivity index (χ0) is 5.54. The molecule has 0 aromatic heterocycles. The number of hydrogen-bond donors (Lipinski definition) is 0. The summed E-state index contributed by atoms with van der Waals surface area (Å²) in [5.74, 6) is 0. The Balaban J connectivity index is 2.45. The second kappa shape index (κ2) is 6.13. The van der Waals surface area contributed by atoms with Crippen LogP contribution in [0.4, 0.5) is 0 Å². The van der Waals surface area contributed by atoms with Crippen LogP contribution < -0.4 is 0 Å². The summed E-state index contributed by atoms with van der Waals surface area (Å²) in [4.78, 5) is 0. The minimum Gasteiger partial charge on any atom is -0.0893 e. The molecule has 0 nitrogen and oxygen atoms in total. The van der Waals surface area contributed by atoms with E-state index >= 15 is 0 Å². The van der Waals surface area contributed by atoms with Crippen LogP contribution in [0.15, 0.2) is 0 Å². The van der Waals surface area contributed by atoms with E-state index in [9.17, 15) is 0 Å². The van der Waals surface area contributed by atoms with Gasteiger partial charge in [0.05, 0.1) is 0 Å². The lowest BCUT2D eigenvalue weighted by atomic mass is 9.69. The molecule has 0 radical (unpaired) electrons. The molecular weight excluding hydrogens is 81.7 g/mol. The van der Waals surface area contributed by atoms with Gasteiger partial charge in [-0.3, -0.25) is 0 Å². The summed E-state index contributed by atoms with van der Waals surface area (Å²) in [5, 5.41) is 0. The van der Waals surface area contributed by atoms with Gasteiger partial charge in [-0.2, -0.15) is 0 Å². The summed E-state index contributed by atoms with van der Waals surface area (Å²) in [7, 11) is 2.72. The molecule has 0 unspecified atom stereocenters. The SMILES string of the molecule is CBCCCBC. The maximum absolute atomic E-state index is 2.25. The maximum Gasteiger partial charge on any atom is 0.117 e. The summed E-state index contributed by atoms with van der Waals surface area (Å²) >= 11 is 0. The first-order chi connectivity index (χ1) is 3.41. The number of hydrogen-bond acceptors (Lipinski definition) is 0. The van der Waals surface area contributed by atoms with Crippen LogP contribution in [0.1, 0.15) is 6.42 Å². The van der Waals surface area contributed by atoms with Gasteiger partial charge >= 0.3 is 0 Å². The van der Waals surface area contributed by atoms with Crippen molar-refractivity contribution in [2.24, 2.45) is 0 Å². The van der Waals surface area contributed by atoms with E-state index in [0.717, 1.165) is 0 Å². The normalized spacial score (nSPS) is 8.29. The van der Waals surface area contributed by atoms with Gasteiger partial charge in [0.25, 0.3) is 0 Å². The van der Waals surface area contributed by atoms with Gasteiger partial charge in [-0.1, -0.05) is 32.7 Å². The monoisotopic (exact) mass is 96.1 g/mol. The van der Waals surface area contributed by atoms with Crippen molar-refractivity contribution in [3.8, 4) is 0 Å². The van der Waals surface area contributed by atoms with Crippen LogP contribution in [0.25, 0.3) is 0 Å². The Bertz CT molecular complexity index is 25.3. The minimum atomic E-state index is 1.36. The Morgan fingerprint density at radius 1 is 1.00 bits per heavy atom. The van der Waals surface area contributed by atoms with E-state index in [-0.39, 0.29) is 0 Å². The molecule has 0 bridgehead atoms. The van der Waals surface area contributed by atoms with Crippen LogP contribution in [0, 0.1) is 0 Å². The van der Waals surface area contributed by atoms with E-state index in [1.165, 1.54) is 33.6 Å². The Morgan fingerprint density at radius 3 is 1.71 bits per heavy atom. The highest BCUT2D eigenvalue weighted by atomic mass is 13.7. The molecule has 0 spiro atoms. The highest BCUT2D eigenvalue weighted by Gasteiger charge is 1.83. The Kier molecular flexibility index (Phi) is 6.24. The fourth-order valence-electron chi connectivity index (χ4n) is 0.677. The van der Waals surface area contributed by atoms with Crippen LogP contribution in [-0.4, -0.2) is 14.6 Å². The second-order valence-corrected chi connectivity index (χ2v) is 2.06. The lowest BCUT2D eigenvalue weighted by molar-refractivity contribution is 1.06. The van der Waals surface area contributed by atoms with E-state index in [1.54, 1.807) is 0 Å². The smallest absolute Gasteiger partial charge is 0.0893 e. The summed E-state index contributed by atoms with van der Waals surface area (Å²) < 4.78 is 0. The quantitative estimate of drug-likeness (QED) is 0.364. The first-order valence-electron chi connectivity index (χ1n) is 3.41. The van der Waals surface area contributed by atoms with E-state index in [0.29, 0.717) is 0 Å². The molecule has 0 fully saturated rings. The fraction of sp³-hybridized carbons (Fsp3) is 1.00. The third kappa shape index (κ3) is 6.13. The lowest BCUT2D eigenvalue weighted by Crippen LogP contribution is -1.83. The van der Waals surface area contributed by atoms with Crippen LogP contribution >= 0.6 is 0 Å². The van der Waals surface area contributed by atoms with Crippen LogP contribution in [0.5, 0.6) is 0 Å². The van der Waals surface area contributed by atoms with Crippen LogP contribution in [0.2, 0.25) is 26.3 Å². The molecule has 7 heavy (non-hydrogen) atoms. The minimum absolute atomic E-state index is 1.36. The third-order valence-corrected chi connectivity index (χ3v) is 1.21. The van der Waals surface area contributed by atoms with E-state index in [2.05, 4.69) is 13.6 Å². The van der Waals surface area contributed by atoms with Gasteiger partial charge in [0.1, 0.15) is 14.6 Å². The zero-order valence-corrected chi connectivity index (χ0v) is 5.54.